The third-order valence-electron chi connectivity index (χ3n) is 8.09. The number of anilines is 1. The molecule has 0 saturated carbocycles. The molecule has 4 aromatic carbocycles. The second-order valence-electron chi connectivity index (χ2n) is 11.3. The highest BCUT2D eigenvalue weighted by Crippen LogP contribution is 2.31. The molecule has 0 bridgehead atoms. The van der Waals surface area contributed by atoms with Crippen LogP contribution in [-0.2, 0) is 10.0 Å². The molecule has 1 atom stereocenters. The van der Waals surface area contributed by atoms with Gasteiger partial charge in [-0.3, -0.25) is 24.7 Å². The second kappa shape index (κ2) is 13.4. The van der Waals surface area contributed by atoms with Crippen molar-refractivity contribution in [2.75, 3.05) is 18.5 Å². The van der Waals surface area contributed by atoms with Crippen molar-refractivity contribution in [3.05, 3.63) is 135 Å². The van der Waals surface area contributed by atoms with Crippen LogP contribution in [-0.4, -0.2) is 52.2 Å². The average Bonchev–Trinajstić information content (AvgIpc) is 3.32. The van der Waals surface area contributed by atoms with Crippen molar-refractivity contribution >= 4 is 50.0 Å². The molecule has 12 heteroatoms. The van der Waals surface area contributed by atoms with Crippen LogP contribution in [0.1, 0.15) is 51.0 Å². The number of amides is 2. The Bertz CT molecular complexity index is 2210. The number of hydrogen-bond donors (Lipinski definition) is 1. The summed E-state index contributed by atoms with van der Waals surface area (Å²) in [4.78, 5) is 46.1. The number of rotatable bonds is 11. The number of nitrogens with one attached hydrogen (secondary N) is 1. The van der Waals surface area contributed by atoms with Gasteiger partial charge in [0.2, 0.25) is 10.0 Å². The number of aromatic nitrogens is 2. The quantitative estimate of drug-likeness (QED) is 0.141. The monoisotopic (exact) mass is 679 g/mol. The van der Waals surface area contributed by atoms with Crippen LogP contribution >= 0.6 is 11.6 Å². The lowest BCUT2D eigenvalue weighted by Gasteiger charge is -2.31. The maximum atomic E-state index is 14.5. The van der Waals surface area contributed by atoms with Crippen molar-refractivity contribution in [3.63, 3.8) is 0 Å². The number of nitrogens with zero attached hydrogens (tertiary/aromatic N) is 4. The van der Waals surface area contributed by atoms with Crippen LogP contribution < -0.4 is 11.0 Å². The Morgan fingerprint density at radius 1 is 0.917 bits per heavy atom. The number of sulfonamides is 1. The van der Waals surface area contributed by atoms with E-state index in [0.717, 1.165) is 10.5 Å². The van der Waals surface area contributed by atoms with Crippen molar-refractivity contribution in [2.24, 2.45) is 0 Å². The van der Waals surface area contributed by atoms with Gasteiger partial charge in [0, 0.05) is 24.5 Å². The van der Waals surface area contributed by atoms with Crippen molar-refractivity contribution in [1.82, 2.24) is 18.9 Å². The number of carbonyl (C=O) groups excluding carboxylic acids is 2. The molecule has 0 saturated heterocycles. The third kappa shape index (κ3) is 6.21. The molecule has 1 aliphatic rings. The van der Waals surface area contributed by atoms with Crippen molar-refractivity contribution in [3.8, 4) is 12.3 Å². The lowest BCUT2D eigenvalue weighted by Crippen LogP contribution is -2.42. The average molecular weight is 680 g/mol. The summed E-state index contributed by atoms with van der Waals surface area (Å²) in [6, 6.07) is 25.3. The van der Waals surface area contributed by atoms with Gasteiger partial charge in [-0.25, -0.2) is 18.1 Å². The first-order valence-electron chi connectivity index (χ1n) is 15.1. The summed E-state index contributed by atoms with van der Waals surface area (Å²) in [6.07, 6.45) is 5.79. The highest BCUT2D eigenvalue weighted by Gasteiger charge is 2.38. The predicted molar refractivity (Wildman–Crippen MR) is 184 cm³/mol. The number of fused-ring (bicyclic) bond motifs is 2. The Morgan fingerprint density at radius 3 is 2.21 bits per heavy atom. The van der Waals surface area contributed by atoms with Crippen LogP contribution in [0.15, 0.2) is 107 Å². The van der Waals surface area contributed by atoms with E-state index in [1.165, 1.54) is 27.2 Å². The highest BCUT2D eigenvalue weighted by atomic mass is 35.5. The summed E-state index contributed by atoms with van der Waals surface area (Å²) in [7, 11) is -4.29. The van der Waals surface area contributed by atoms with E-state index < -0.39 is 33.4 Å². The molecule has 6 rings (SSSR count). The van der Waals surface area contributed by atoms with Gasteiger partial charge in [0.25, 0.3) is 17.4 Å². The molecule has 0 radical (unpaired) electrons. The molecule has 48 heavy (non-hydrogen) atoms. The minimum absolute atomic E-state index is 0.00426. The first-order chi connectivity index (χ1) is 23.1. The van der Waals surface area contributed by atoms with Crippen LogP contribution in [0.3, 0.4) is 0 Å². The van der Waals surface area contributed by atoms with E-state index in [2.05, 4.69) is 11.3 Å². The second-order valence-corrected chi connectivity index (χ2v) is 13.6. The Balaban J connectivity index is 1.46. The molecular weight excluding hydrogens is 650 g/mol. The van der Waals surface area contributed by atoms with Gasteiger partial charge in [0.05, 0.1) is 38.7 Å². The smallest absolute Gasteiger partial charge is 0.280 e. The fraction of sp³-hybridized carbons (Fsp3) is 0.167. The topological polar surface area (TPSA) is 122 Å². The predicted octanol–water partition coefficient (Wildman–Crippen LogP) is 5.68. The fourth-order valence-corrected chi connectivity index (χ4v) is 7.49. The summed E-state index contributed by atoms with van der Waals surface area (Å²) >= 11 is 6.29. The van der Waals surface area contributed by atoms with Crippen molar-refractivity contribution in [2.45, 2.75) is 30.7 Å². The lowest BCUT2D eigenvalue weighted by molar-refractivity contribution is 0.0649. The van der Waals surface area contributed by atoms with Crippen LogP contribution in [0, 0.1) is 19.3 Å². The van der Waals surface area contributed by atoms with E-state index in [-0.39, 0.29) is 47.6 Å². The van der Waals surface area contributed by atoms with E-state index in [4.69, 9.17) is 23.0 Å². The van der Waals surface area contributed by atoms with Gasteiger partial charge in [-0.2, -0.15) is 4.31 Å². The molecule has 242 valence electrons. The number of aryl methyl sites for hydroxylation is 1. The van der Waals surface area contributed by atoms with E-state index in [1.807, 2.05) is 13.0 Å². The van der Waals surface area contributed by atoms with Gasteiger partial charge in [0.15, 0.2) is 5.82 Å². The zero-order valence-corrected chi connectivity index (χ0v) is 27.4. The molecule has 1 aliphatic heterocycles. The number of carbonyl (C=O) groups is 2. The Labute approximate surface area is 282 Å². The Kier molecular flexibility index (Phi) is 9.15. The maximum absolute atomic E-state index is 14.5. The molecule has 0 aliphatic carbocycles. The van der Waals surface area contributed by atoms with Crippen LogP contribution in [0.25, 0.3) is 10.9 Å². The summed E-state index contributed by atoms with van der Waals surface area (Å²) in [5, 5.41) is 0.595. The number of halogens is 1. The highest BCUT2D eigenvalue weighted by molar-refractivity contribution is 7.89. The summed E-state index contributed by atoms with van der Waals surface area (Å²) in [6.45, 7) is 1.63. The normalized spacial score (nSPS) is 13.5. The molecule has 10 nitrogen and oxygen atoms in total. The molecule has 1 aromatic heterocycles. The van der Waals surface area contributed by atoms with Gasteiger partial charge >= 0.3 is 0 Å². The number of benzene rings is 4. The molecular formula is C36H30ClN5O5S. The molecule has 0 unspecified atom stereocenters. The molecule has 5 aromatic rings. The van der Waals surface area contributed by atoms with Gasteiger partial charge < -0.3 is 0 Å². The van der Waals surface area contributed by atoms with Crippen molar-refractivity contribution < 1.29 is 18.0 Å². The van der Waals surface area contributed by atoms with Crippen LogP contribution in [0.4, 0.5) is 5.69 Å². The Hall–Kier alpha value is -5.28. The maximum Gasteiger partial charge on any atom is 0.280 e. The Morgan fingerprint density at radius 2 is 1.56 bits per heavy atom. The summed E-state index contributed by atoms with van der Waals surface area (Å²) in [5.41, 5.74) is 4.86. The SMILES string of the molecule is C#CC[C@H](c1nc2cc(Cl)ccc2c(=O)n1Nc1ccccc1)N(CCCN1C(=O)c2ccccc2C1=O)S(=O)(=O)c1ccc(C)cc1. The van der Waals surface area contributed by atoms with Crippen LogP contribution in [0.2, 0.25) is 5.02 Å². The van der Waals surface area contributed by atoms with Crippen molar-refractivity contribution in [1.29, 1.82) is 0 Å². The summed E-state index contributed by atoms with van der Waals surface area (Å²) in [5.74, 6) is 1.71. The molecule has 2 heterocycles. The minimum atomic E-state index is -4.29. The van der Waals surface area contributed by atoms with E-state index in [1.54, 1.807) is 72.8 Å². The standard InChI is InChI=1S/C36H30ClN5O5S/c1-3-10-32(33-38-31-23-25(37)17-20-30(31)36(45)42(33)39-26-11-5-4-6-12-26)41(48(46,47)27-18-15-24(2)16-19-27)22-9-21-40-34(43)28-13-7-8-14-29(28)35(40)44/h1,4-8,11-20,23,32,39H,9-10,21-22H2,2H3/t32-/m1/s1. The number of terminal acetylenes is 1. The fourth-order valence-electron chi connectivity index (χ4n) is 5.70. The molecule has 2 amide bonds. The molecule has 0 fully saturated rings. The largest absolute Gasteiger partial charge is 0.290 e. The zero-order chi connectivity index (χ0) is 34.0. The number of imide groups is 1. The van der Waals surface area contributed by atoms with Gasteiger partial charge in [-0.15, -0.1) is 12.3 Å². The van der Waals surface area contributed by atoms with Gasteiger partial charge in [-0.05, 0) is 67.9 Å². The lowest BCUT2D eigenvalue weighted by atomic mass is 10.1. The van der Waals surface area contributed by atoms with E-state index in [0.29, 0.717) is 21.8 Å². The number of para-hydroxylation sites is 1. The first-order valence-corrected chi connectivity index (χ1v) is 16.9. The molecule has 0 spiro atoms. The summed E-state index contributed by atoms with van der Waals surface area (Å²) < 4.78 is 31.4. The number of hydrogen-bond acceptors (Lipinski definition) is 7. The third-order valence-corrected chi connectivity index (χ3v) is 10.3. The van der Waals surface area contributed by atoms with E-state index >= 15 is 0 Å². The van der Waals surface area contributed by atoms with Gasteiger partial charge in [0.1, 0.15) is 0 Å². The van der Waals surface area contributed by atoms with Gasteiger partial charge in [-0.1, -0.05) is 59.6 Å². The zero-order valence-electron chi connectivity index (χ0n) is 25.8. The minimum Gasteiger partial charge on any atom is -0.290 e. The molecule has 1 N–H and O–H groups in total. The van der Waals surface area contributed by atoms with Crippen LogP contribution in [0.5, 0.6) is 0 Å². The van der Waals surface area contributed by atoms with E-state index in [9.17, 15) is 22.8 Å². The first kappa shape index (κ1) is 32.7.